The van der Waals surface area contributed by atoms with Crippen LogP contribution in [0.25, 0.3) is 0 Å². The zero-order valence-corrected chi connectivity index (χ0v) is 5.15. The van der Waals surface area contributed by atoms with E-state index in [4.69, 9.17) is 4.55 Å². The predicted molar refractivity (Wildman–Crippen MR) is 27.3 cm³/mol. The van der Waals surface area contributed by atoms with E-state index in [1.807, 2.05) is 0 Å². The Morgan fingerprint density at radius 3 is 2.62 bits per heavy atom. The summed E-state index contributed by atoms with van der Waals surface area (Å²) in [4.78, 5) is 0. The lowest BCUT2D eigenvalue weighted by atomic mass is 10.5. The number of alkyl halides is 1. The maximum atomic E-state index is 11.4. The second kappa shape index (κ2) is 3.94. The van der Waals surface area contributed by atoms with Gasteiger partial charge in [0.05, 0.1) is 0 Å². The molecule has 0 aromatic rings. The van der Waals surface area contributed by atoms with E-state index in [9.17, 15) is 8.60 Å². The van der Waals surface area contributed by atoms with Gasteiger partial charge in [-0.15, -0.1) is 0 Å². The number of halogens is 1. The van der Waals surface area contributed by atoms with Crippen LogP contribution in [-0.4, -0.2) is 21.5 Å². The van der Waals surface area contributed by atoms with Gasteiger partial charge in [0.2, 0.25) is 0 Å². The zero-order chi connectivity index (χ0) is 6.57. The highest BCUT2D eigenvalue weighted by Crippen LogP contribution is 1.91. The third kappa shape index (κ3) is 4.17. The first-order valence-electron chi connectivity index (χ1n) is 2.00. The molecule has 0 rings (SSSR count). The summed E-state index contributed by atoms with van der Waals surface area (Å²) in [5.74, 6) is 0. The Bertz CT molecular complexity index is 86.6. The summed E-state index contributed by atoms with van der Waals surface area (Å²) >= 11 is -2.34. The zero-order valence-electron chi connectivity index (χ0n) is 4.33. The lowest BCUT2D eigenvalue weighted by Gasteiger charge is -2.00. The second-order valence-corrected chi connectivity index (χ2v) is 1.90. The molecule has 0 aliphatic heterocycles. The lowest BCUT2D eigenvalue weighted by molar-refractivity contribution is 0.184. The van der Waals surface area contributed by atoms with Gasteiger partial charge in [-0.3, -0.25) is 8.74 Å². The highest BCUT2D eigenvalue weighted by Gasteiger charge is 2.02. The van der Waals surface area contributed by atoms with E-state index in [0.717, 1.165) is 0 Å². The third-order valence-corrected chi connectivity index (χ3v) is 0.957. The minimum absolute atomic E-state index is 0.744. The molecule has 0 aliphatic rings. The SMILES string of the molecule is CC(CF)OS(=O)O. The molecule has 0 bridgehead atoms. The normalized spacial score (nSPS) is 17.9. The Labute approximate surface area is 49.3 Å². The maximum absolute atomic E-state index is 11.4. The van der Waals surface area contributed by atoms with Crippen LogP contribution in [0, 0.1) is 0 Å². The van der Waals surface area contributed by atoms with Crippen LogP contribution in [0.15, 0.2) is 0 Å². The predicted octanol–water partition coefficient (Wildman–Crippen LogP) is 0.498. The molecular formula is C3H7FO3S. The Hall–Kier alpha value is -0.0000000000000000486. The molecule has 0 saturated carbocycles. The van der Waals surface area contributed by atoms with Gasteiger partial charge in [-0.2, -0.15) is 4.21 Å². The van der Waals surface area contributed by atoms with E-state index in [1.54, 1.807) is 0 Å². The fraction of sp³-hybridized carbons (Fsp3) is 1.00. The molecule has 50 valence electrons. The van der Waals surface area contributed by atoms with Crippen LogP contribution in [0.4, 0.5) is 4.39 Å². The van der Waals surface area contributed by atoms with E-state index < -0.39 is 24.1 Å². The molecule has 0 spiro atoms. The van der Waals surface area contributed by atoms with Crippen molar-refractivity contribution in [3.8, 4) is 0 Å². The van der Waals surface area contributed by atoms with Crippen molar-refractivity contribution in [1.82, 2.24) is 0 Å². The summed E-state index contributed by atoms with van der Waals surface area (Å²) in [6, 6.07) is 0. The Morgan fingerprint density at radius 1 is 2.00 bits per heavy atom. The third-order valence-electron chi connectivity index (χ3n) is 0.464. The first-order valence-corrected chi connectivity index (χ1v) is 3.04. The molecule has 0 aliphatic carbocycles. The van der Waals surface area contributed by atoms with Crippen molar-refractivity contribution in [2.45, 2.75) is 13.0 Å². The van der Waals surface area contributed by atoms with Crippen LogP contribution < -0.4 is 0 Å². The summed E-state index contributed by atoms with van der Waals surface area (Å²) in [6.45, 7) is 0.625. The molecule has 3 nitrogen and oxygen atoms in total. The van der Waals surface area contributed by atoms with Crippen molar-refractivity contribution < 1.29 is 17.3 Å². The molecule has 5 heteroatoms. The van der Waals surface area contributed by atoms with Crippen molar-refractivity contribution in [3.05, 3.63) is 0 Å². The summed E-state index contributed by atoms with van der Waals surface area (Å²) in [5, 5.41) is 0. The smallest absolute Gasteiger partial charge is 0.284 e. The maximum Gasteiger partial charge on any atom is 0.302 e. The number of hydrogen-bond acceptors (Lipinski definition) is 2. The van der Waals surface area contributed by atoms with Crippen LogP contribution in [0.2, 0.25) is 0 Å². The van der Waals surface area contributed by atoms with Gasteiger partial charge in [-0.25, -0.2) is 4.39 Å². The minimum Gasteiger partial charge on any atom is -0.284 e. The highest BCUT2D eigenvalue weighted by atomic mass is 32.2. The number of rotatable bonds is 3. The molecule has 2 unspecified atom stereocenters. The van der Waals surface area contributed by atoms with Crippen LogP contribution in [0.3, 0.4) is 0 Å². The van der Waals surface area contributed by atoms with E-state index in [-0.39, 0.29) is 0 Å². The largest absolute Gasteiger partial charge is 0.302 e. The average Bonchev–Trinajstić information content (AvgIpc) is 1.65. The standard InChI is InChI=1S/C3H7FO3S/c1-3(2-4)7-8(5)6/h3H,2H2,1H3,(H,5,6). The lowest BCUT2D eigenvalue weighted by Crippen LogP contribution is -2.11. The molecule has 1 N–H and O–H groups in total. The van der Waals surface area contributed by atoms with Gasteiger partial charge in [0.1, 0.15) is 12.8 Å². The number of hydrogen-bond donors (Lipinski definition) is 1. The molecule has 8 heavy (non-hydrogen) atoms. The van der Waals surface area contributed by atoms with Gasteiger partial charge >= 0.3 is 11.4 Å². The Morgan fingerprint density at radius 2 is 2.50 bits per heavy atom. The molecular weight excluding hydrogens is 135 g/mol. The van der Waals surface area contributed by atoms with Crippen molar-refractivity contribution in [3.63, 3.8) is 0 Å². The van der Waals surface area contributed by atoms with E-state index in [1.165, 1.54) is 6.92 Å². The molecule has 0 heterocycles. The molecule has 0 aromatic heterocycles. The van der Waals surface area contributed by atoms with E-state index >= 15 is 0 Å². The fourth-order valence-corrected chi connectivity index (χ4v) is 0.499. The fourth-order valence-electron chi connectivity index (χ4n) is 0.166. The van der Waals surface area contributed by atoms with Crippen molar-refractivity contribution in [1.29, 1.82) is 0 Å². The van der Waals surface area contributed by atoms with Gasteiger partial charge in [0, 0.05) is 0 Å². The second-order valence-electron chi connectivity index (χ2n) is 1.28. The Kier molecular flexibility index (Phi) is 3.94. The summed E-state index contributed by atoms with van der Waals surface area (Å²) in [6.07, 6.45) is -0.791. The molecule has 0 fully saturated rings. The molecule has 0 aromatic carbocycles. The average molecular weight is 142 g/mol. The summed E-state index contributed by atoms with van der Waals surface area (Å²) in [7, 11) is 0. The first kappa shape index (κ1) is 8.00. The first-order chi connectivity index (χ1) is 3.66. The van der Waals surface area contributed by atoms with E-state index in [0.29, 0.717) is 0 Å². The van der Waals surface area contributed by atoms with Gasteiger partial charge in [-0.1, -0.05) is 0 Å². The monoisotopic (exact) mass is 142 g/mol. The minimum atomic E-state index is -2.34. The quantitative estimate of drug-likeness (QED) is 0.583. The van der Waals surface area contributed by atoms with Crippen molar-refractivity contribution in [2.75, 3.05) is 6.67 Å². The summed E-state index contributed by atoms with van der Waals surface area (Å²) in [5.41, 5.74) is 0. The van der Waals surface area contributed by atoms with Crippen molar-refractivity contribution in [2.24, 2.45) is 0 Å². The molecule has 2 atom stereocenters. The Balaban J connectivity index is 3.24. The van der Waals surface area contributed by atoms with Crippen LogP contribution in [-0.2, 0) is 15.5 Å². The topological polar surface area (TPSA) is 46.5 Å². The van der Waals surface area contributed by atoms with Gasteiger partial charge in [-0.05, 0) is 6.92 Å². The van der Waals surface area contributed by atoms with Crippen LogP contribution >= 0.6 is 0 Å². The van der Waals surface area contributed by atoms with E-state index in [2.05, 4.69) is 4.18 Å². The molecule has 0 radical (unpaired) electrons. The highest BCUT2D eigenvalue weighted by molar-refractivity contribution is 7.74. The van der Waals surface area contributed by atoms with Gasteiger partial charge in [0.15, 0.2) is 0 Å². The van der Waals surface area contributed by atoms with Gasteiger partial charge in [0.25, 0.3) is 0 Å². The summed E-state index contributed by atoms with van der Waals surface area (Å²) < 4.78 is 33.1. The molecule has 0 amide bonds. The van der Waals surface area contributed by atoms with Crippen molar-refractivity contribution >= 4 is 11.4 Å². The van der Waals surface area contributed by atoms with Crippen LogP contribution in [0.1, 0.15) is 6.92 Å². The van der Waals surface area contributed by atoms with Gasteiger partial charge < -0.3 is 0 Å². The molecule has 0 saturated heterocycles. The van der Waals surface area contributed by atoms with Crippen LogP contribution in [0.5, 0.6) is 0 Å².